The zero-order chi connectivity index (χ0) is 20.9. The lowest BCUT2D eigenvalue weighted by Gasteiger charge is -2.09. The molecule has 0 bridgehead atoms. The SMILES string of the molecule is COc1ccc(NS(=O)(=O)c2ccc(C(=O)C=Cc3ccc(O)cc3)cc2)cc1. The Kier molecular flexibility index (Phi) is 5.99. The molecule has 3 rings (SSSR count). The second-order valence-electron chi connectivity index (χ2n) is 6.15. The first-order valence-corrected chi connectivity index (χ1v) is 10.1. The number of phenolic OH excluding ortho intramolecular Hbond substituents is 1. The Bertz CT molecular complexity index is 1120. The summed E-state index contributed by atoms with van der Waals surface area (Å²) in [4.78, 5) is 12.3. The number of carbonyl (C=O) groups excluding carboxylic acids is 1. The smallest absolute Gasteiger partial charge is 0.261 e. The number of hydrogen-bond acceptors (Lipinski definition) is 5. The number of aromatic hydroxyl groups is 1. The molecule has 0 saturated heterocycles. The summed E-state index contributed by atoms with van der Waals surface area (Å²) in [6, 6.07) is 18.6. The molecule has 0 aliphatic rings. The minimum Gasteiger partial charge on any atom is -0.508 e. The molecule has 0 aliphatic heterocycles. The van der Waals surface area contributed by atoms with Gasteiger partial charge in [0.05, 0.1) is 12.0 Å². The fraction of sp³-hybridized carbons (Fsp3) is 0.0455. The Balaban J connectivity index is 1.70. The van der Waals surface area contributed by atoms with Crippen LogP contribution in [0.25, 0.3) is 6.08 Å². The normalized spacial score (nSPS) is 11.3. The van der Waals surface area contributed by atoms with E-state index < -0.39 is 10.0 Å². The van der Waals surface area contributed by atoms with Crippen LogP contribution in [-0.2, 0) is 10.0 Å². The highest BCUT2D eigenvalue weighted by atomic mass is 32.2. The Hall–Kier alpha value is -3.58. The highest BCUT2D eigenvalue weighted by molar-refractivity contribution is 7.92. The molecule has 0 radical (unpaired) electrons. The predicted molar refractivity (Wildman–Crippen MR) is 112 cm³/mol. The molecular formula is C22H19NO5S. The third kappa shape index (κ3) is 5.24. The van der Waals surface area contributed by atoms with E-state index >= 15 is 0 Å². The lowest BCUT2D eigenvalue weighted by Crippen LogP contribution is -2.13. The van der Waals surface area contributed by atoms with Gasteiger partial charge in [-0.3, -0.25) is 9.52 Å². The number of methoxy groups -OCH3 is 1. The summed E-state index contributed by atoms with van der Waals surface area (Å²) in [5.41, 5.74) is 1.53. The minimum absolute atomic E-state index is 0.0485. The predicted octanol–water partition coefficient (Wildman–Crippen LogP) is 4.10. The van der Waals surface area contributed by atoms with E-state index in [1.807, 2.05) is 0 Å². The fourth-order valence-electron chi connectivity index (χ4n) is 2.53. The first-order chi connectivity index (χ1) is 13.9. The summed E-state index contributed by atoms with van der Waals surface area (Å²) >= 11 is 0. The highest BCUT2D eigenvalue weighted by Gasteiger charge is 2.15. The van der Waals surface area contributed by atoms with E-state index in [-0.39, 0.29) is 16.4 Å². The van der Waals surface area contributed by atoms with E-state index in [0.29, 0.717) is 17.0 Å². The molecule has 7 heteroatoms. The number of carbonyl (C=O) groups is 1. The van der Waals surface area contributed by atoms with Crippen molar-refractivity contribution in [3.63, 3.8) is 0 Å². The van der Waals surface area contributed by atoms with Crippen LogP contribution in [0.15, 0.2) is 83.8 Å². The second kappa shape index (κ2) is 8.62. The van der Waals surface area contributed by atoms with Gasteiger partial charge in [0, 0.05) is 11.3 Å². The molecule has 0 unspecified atom stereocenters. The zero-order valence-corrected chi connectivity index (χ0v) is 16.4. The summed E-state index contributed by atoms with van der Waals surface area (Å²) in [5, 5.41) is 9.27. The van der Waals surface area contributed by atoms with E-state index in [1.165, 1.54) is 49.6 Å². The van der Waals surface area contributed by atoms with Crippen LogP contribution >= 0.6 is 0 Å². The Morgan fingerprint density at radius 2 is 1.55 bits per heavy atom. The van der Waals surface area contributed by atoms with Crippen molar-refractivity contribution in [2.45, 2.75) is 4.90 Å². The van der Waals surface area contributed by atoms with Gasteiger partial charge >= 0.3 is 0 Å². The quantitative estimate of drug-likeness (QED) is 0.453. The molecule has 2 N–H and O–H groups in total. The van der Waals surface area contributed by atoms with Crippen molar-refractivity contribution in [3.8, 4) is 11.5 Å². The summed E-state index contributed by atoms with van der Waals surface area (Å²) in [7, 11) is -2.25. The van der Waals surface area contributed by atoms with Crippen molar-refractivity contribution in [1.82, 2.24) is 0 Å². The lowest BCUT2D eigenvalue weighted by atomic mass is 10.1. The third-order valence-corrected chi connectivity index (χ3v) is 5.51. The monoisotopic (exact) mass is 409 g/mol. The lowest BCUT2D eigenvalue weighted by molar-refractivity contribution is 0.104. The van der Waals surface area contributed by atoms with Crippen LogP contribution in [0.4, 0.5) is 5.69 Å². The second-order valence-corrected chi connectivity index (χ2v) is 7.83. The molecule has 3 aromatic rings. The summed E-state index contributed by atoms with van der Waals surface area (Å²) in [5.74, 6) is 0.509. The van der Waals surface area contributed by atoms with Gasteiger partial charge in [-0.15, -0.1) is 0 Å². The van der Waals surface area contributed by atoms with Gasteiger partial charge in [-0.05, 0) is 72.3 Å². The van der Waals surface area contributed by atoms with Gasteiger partial charge in [0.2, 0.25) is 0 Å². The molecule has 29 heavy (non-hydrogen) atoms. The molecule has 0 aliphatic carbocycles. The van der Waals surface area contributed by atoms with E-state index in [1.54, 1.807) is 42.5 Å². The van der Waals surface area contributed by atoms with Gasteiger partial charge in [-0.1, -0.05) is 18.2 Å². The standard InChI is InChI=1S/C22H19NO5S/c1-28-20-11-7-18(8-12-20)23-29(26,27)21-13-5-17(6-14-21)22(25)15-4-16-2-9-19(24)10-3-16/h2-15,23-24H,1H3. The van der Waals surface area contributed by atoms with Crippen molar-refractivity contribution in [3.05, 3.63) is 90.0 Å². The van der Waals surface area contributed by atoms with Crippen LogP contribution in [0.3, 0.4) is 0 Å². The van der Waals surface area contributed by atoms with Crippen molar-refractivity contribution in [2.75, 3.05) is 11.8 Å². The van der Waals surface area contributed by atoms with Crippen molar-refractivity contribution < 1.29 is 23.1 Å². The van der Waals surface area contributed by atoms with Crippen molar-refractivity contribution in [1.29, 1.82) is 0 Å². The van der Waals surface area contributed by atoms with Crippen LogP contribution < -0.4 is 9.46 Å². The Labute approximate surface area is 169 Å². The van der Waals surface area contributed by atoms with Gasteiger partial charge in [-0.25, -0.2) is 8.42 Å². The van der Waals surface area contributed by atoms with Crippen LogP contribution in [0.5, 0.6) is 11.5 Å². The molecule has 0 aromatic heterocycles. The van der Waals surface area contributed by atoms with Gasteiger partial charge in [0.15, 0.2) is 5.78 Å². The van der Waals surface area contributed by atoms with Gasteiger partial charge in [0.1, 0.15) is 11.5 Å². The molecule has 148 valence electrons. The number of phenols is 1. The molecule has 0 spiro atoms. The molecular weight excluding hydrogens is 390 g/mol. The molecule has 0 fully saturated rings. The van der Waals surface area contributed by atoms with Gasteiger partial charge < -0.3 is 9.84 Å². The van der Waals surface area contributed by atoms with E-state index in [9.17, 15) is 18.3 Å². The largest absolute Gasteiger partial charge is 0.508 e. The number of anilines is 1. The molecule has 0 saturated carbocycles. The van der Waals surface area contributed by atoms with Crippen LogP contribution in [0.1, 0.15) is 15.9 Å². The average molecular weight is 409 g/mol. The average Bonchev–Trinajstić information content (AvgIpc) is 2.73. The molecule has 0 heterocycles. The van der Waals surface area contributed by atoms with E-state index in [0.717, 1.165) is 5.56 Å². The number of nitrogens with one attached hydrogen (secondary N) is 1. The van der Waals surface area contributed by atoms with Crippen LogP contribution in [-0.4, -0.2) is 26.4 Å². The maximum absolute atomic E-state index is 12.5. The number of rotatable bonds is 7. The fourth-order valence-corrected chi connectivity index (χ4v) is 3.58. The van der Waals surface area contributed by atoms with Gasteiger partial charge in [-0.2, -0.15) is 0 Å². The molecule has 3 aromatic carbocycles. The number of allylic oxidation sites excluding steroid dienone is 1. The van der Waals surface area contributed by atoms with E-state index in [4.69, 9.17) is 4.74 Å². The zero-order valence-electron chi connectivity index (χ0n) is 15.6. The molecule has 6 nitrogen and oxygen atoms in total. The minimum atomic E-state index is -3.78. The summed E-state index contributed by atoms with van der Waals surface area (Å²) in [6.07, 6.45) is 3.02. The van der Waals surface area contributed by atoms with Gasteiger partial charge in [0.25, 0.3) is 10.0 Å². The molecule has 0 amide bonds. The topological polar surface area (TPSA) is 92.7 Å². The maximum atomic E-state index is 12.5. The molecule has 0 atom stereocenters. The van der Waals surface area contributed by atoms with Crippen LogP contribution in [0, 0.1) is 0 Å². The number of ketones is 1. The maximum Gasteiger partial charge on any atom is 0.261 e. The first-order valence-electron chi connectivity index (χ1n) is 8.66. The number of benzene rings is 3. The number of ether oxygens (including phenoxy) is 1. The van der Waals surface area contributed by atoms with E-state index in [2.05, 4.69) is 4.72 Å². The summed E-state index contributed by atoms with van der Waals surface area (Å²) < 4.78 is 32.6. The first kappa shape index (κ1) is 20.2. The van der Waals surface area contributed by atoms with Crippen LogP contribution in [0.2, 0.25) is 0 Å². The highest BCUT2D eigenvalue weighted by Crippen LogP contribution is 2.20. The van der Waals surface area contributed by atoms with Crippen molar-refractivity contribution in [2.24, 2.45) is 0 Å². The third-order valence-electron chi connectivity index (χ3n) is 4.11. The number of hydrogen-bond donors (Lipinski definition) is 2. The Morgan fingerprint density at radius 1 is 0.931 bits per heavy atom. The number of sulfonamides is 1. The Morgan fingerprint density at radius 3 is 2.14 bits per heavy atom. The van der Waals surface area contributed by atoms with Crippen molar-refractivity contribution >= 4 is 27.6 Å². The summed E-state index contributed by atoms with van der Waals surface area (Å²) in [6.45, 7) is 0.